The van der Waals surface area contributed by atoms with Gasteiger partial charge in [0.1, 0.15) is 0 Å². The van der Waals surface area contributed by atoms with Crippen molar-refractivity contribution in [2.24, 2.45) is 0 Å². The molecule has 6 nitrogen and oxygen atoms in total. The van der Waals surface area contributed by atoms with E-state index >= 15 is 0 Å². The molecule has 1 aliphatic rings. The SMILES string of the molecule is Cc1cc(S(=O)(=O)N2CCOCC2CC(=O)O)ccc1Br. The summed E-state index contributed by atoms with van der Waals surface area (Å²) >= 11 is 3.33. The van der Waals surface area contributed by atoms with Gasteiger partial charge >= 0.3 is 5.97 Å². The van der Waals surface area contributed by atoms with E-state index in [1.165, 1.54) is 10.4 Å². The molecular weight excluding hydrogens is 362 g/mol. The van der Waals surface area contributed by atoms with Crippen LogP contribution in [-0.2, 0) is 19.6 Å². The number of carbonyl (C=O) groups is 1. The number of benzene rings is 1. The van der Waals surface area contributed by atoms with Gasteiger partial charge in [-0.25, -0.2) is 8.42 Å². The number of hydrogen-bond donors (Lipinski definition) is 1. The van der Waals surface area contributed by atoms with Gasteiger partial charge in [-0.15, -0.1) is 0 Å². The average Bonchev–Trinajstić information content (AvgIpc) is 2.41. The summed E-state index contributed by atoms with van der Waals surface area (Å²) in [6.45, 7) is 2.33. The zero-order valence-electron chi connectivity index (χ0n) is 11.5. The van der Waals surface area contributed by atoms with Gasteiger partial charge in [0.2, 0.25) is 10.0 Å². The van der Waals surface area contributed by atoms with E-state index in [1.54, 1.807) is 19.1 Å². The molecule has 0 amide bonds. The van der Waals surface area contributed by atoms with Crippen LogP contribution in [0, 0.1) is 6.92 Å². The van der Waals surface area contributed by atoms with E-state index < -0.39 is 22.0 Å². The zero-order chi connectivity index (χ0) is 15.6. The van der Waals surface area contributed by atoms with Gasteiger partial charge in [0.25, 0.3) is 0 Å². The third-order valence-electron chi connectivity index (χ3n) is 3.32. The first-order valence-corrected chi connectivity index (χ1v) is 8.63. The predicted molar refractivity (Wildman–Crippen MR) is 79.6 cm³/mol. The van der Waals surface area contributed by atoms with Gasteiger partial charge in [0.05, 0.1) is 30.6 Å². The number of sulfonamides is 1. The second-order valence-electron chi connectivity index (χ2n) is 4.85. The molecule has 1 heterocycles. The second kappa shape index (κ2) is 6.43. The van der Waals surface area contributed by atoms with Crippen molar-refractivity contribution in [3.63, 3.8) is 0 Å². The van der Waals surface area contributed by atoms with Crippen LogP contribution in [0.15, 0.2) is 27.6 Å². The smallest absolute Gasteiger partial charge is 0.305 e. The lowest BCUT2D eigenvalue weighted by Crippen LogP contribution is -2.49. The van der Waals surface area contributed by atoms with E-state index in [9.17, 15) is 13.2 Å². The molecule has 116 valence electrons. The molecule has 8 heteroatoms. The number of aliphatic carboxylic acids is 1. The number of nitrogens with zero attached hydrogens (tertiary/aromatic N) is 1. The standard InChI is InChI=1S/C13H16BrNO5S/c1-9-6-11(2-3-12(9)14)21(18,19)15-4-5-20-8-10(15)7-13(16)17/h2-3,6,10H,4-5,7-8H2,1H3,(H,16,17). The third-order valence-corrected chi connectivity index (χ3v) is 6.16. The molecule has 1 unspecified atom stereocenters. The monoisotopic (exact) mass is 377 g/mol. The quantitative estimate of drug-likeness (QED) is 0.861. The van der Waals surface area contributed by atoms with Crippen molar-refractivity contribution in [1.29, 1.82) is 0 Å². The fourth-order valence-electron chi connectivity index (χ4n) is 2.23. The van der Waals surface area contributed by atoms with E-state index in [1.807, 2.05) is 0 Å². The van der Waals surface area contributed by atoms with Crippen molar-refractivity contribution in [1.82, 2.24) is 4.31 Å². The molecule has 0 radical (unpaired) electrons. The average molecular weight is 378 g/mol. The Morgan fingerprint density at radius 1 is 1.52 bits per heavy atom. The van der Waals surface area contributed by atoms with E-state index in [0.29, 0.717) is 0 Å². The number of aryl methyl sites for hydroxylation is 1. The highest BCUT2D eigenvalue weighted by Gasteiger charge is 2.35. The lowest BCUT2D eigenvalue weighted by Gasteiger charge is -2.33. The normalized spacial score (nSPS) is 20.4. The van der Waals surface area contributed by atoms with Crippen LogP contribution in [0.5, 0.6) is 0 Å². The number of carboxylic acid groups (broad SMARTS) is 1. The Morgan fingerprint density at radius 2 is 2.24 bits per heavy atom. The maximum atomic E-state index is 12.7. The molecule has 1 N–H and O–H groups in total. The summed E-state index contributed by atoms with van der Waals surface area (Å²) in [5.74, 6) is -1.04. The number of hydrogen-bond acceptors (Lipinski definition) is 4. The maximum Gasteiger partial charge on any atom is 0.305 e. The molecule has 2 rings (SSSR count). The molecule has 1 atom stereocenters. The molecule has 1 aromatic carbocycles. The van der Waals surface area contributed by atoms with Crippen molar-refractivity contribution < 1.29 is 23.1 Å². The van der Waals surface area contributed by atoms with Gasteiger partial charge in [0.15, 0.2) is 0 Å². The van der Waals surface area contributed by atoms with Gasteiger partial charge in [-0.05, 0) is 30.7 Å². The van der Waals surface area contributed by atoms with Crippen molar-refractivity contribution in [3.05, 3.63) is 28.2 Å². The van der Waals surface area contributed by atoms with Gasteiger partial charge < -0.3 is 9.84 Å². The largest absolute Gasteiger partial charge is 0.481 e. The summed E-state index contributed by atoms with van der Waals surface area (Å²) in [6.07, 6.45) is -0.269. The van der Waals surface area contributed by atoms with E-state index in [4.69, 9.17) is 9.84 Å². The molecule has 0 aliphatic carbocycles. The van der Waals surface area contributed by atoms with Crippen molar-refractivity contribution >= 4 is 31.9 Å². The molecule has 0 saturated carbocycles. The third kappa shape index (κ3) is 3.63. The number of halogens is 1. The van der Waals surface area contributed by atoms with E-state index in [2.05, 4.69) is 15.9 Å². The lowest BCUT2D eigenvalue weighted by atomic mass is 10.2. The summed E-state index contributed by atoms with van der Waals surface area (Å²) in [4.78, 5) is 11.1. The number of carboxylic acids is 1. The van der Waals surface area contributed by atoms with Crippen molar-refractivity contribution in [2.75, 3.05) is 19.8 Å². The fraction of sp³-hybridized carbons (Fsp3) is 0.462. The molecule has 0 aromatic heterocycles. The molecule has 1 aromatic rings. The first kappa shape index (κ1) is 16.4. The van der Waals surface area contributed by atoms with Gasteiger partial charge in [-0.3, -0.25) is 4.79 Å². The van der Waals surface area contributed by atoms with Crippen LogP contribution in [0.1, 0.15) is 12.0 Å². The van der Waals surface area contributed by atoms with E-state index in [-0.39, 0.29) is 31.1 Å². The predicted octanol–water partition coefficient (Wildman–Crippen LogP) is 1.62. The number of morpholine rings is 1. The molecular formula is C13H16BrNO5S. The van der Waals surface area contributed by atoms with Gasteiger partial charge in [-0.2, -0.15) is 4.31 Å². The summed E-state index contributed by atoms with van der Waals surface area (Å²) < 4.78 is 32.7. The minimum Gasteiger partial charge on any atom is -0.481 e. The molecule has 1 aliphatic heterocycles. The summed E-state index contributed by atoms with van der Waals surface area (Å²) in [7, 11) is -3.73. The first-order valence-electron chi connectivity index (χ1n) is 6.40. The number of ether oxygens (including phenoxy) is 1. The van der Waals surface area contributed by atoms with Crippen LogP contribution in [0.2, 0.25) is 0 Å². The molecule has 1 fully saturated rings. The Bertz CT molecular complexity index is 646. The summed E-state index contributed by atoms with van der Waals surface area (Å²) in [5, 5.41) is 8.92. The molecule has 21 heavy (non-hydrogen) atoms. The van der Waals surface area contributed by atoms with Crippen LogP contribution < -0.4 is 0 Å². The summed E-state index contributed by atoms with van der Waals surface area (Å²) in [6, 6.07) is 4.09. The molecule has 1 saturated heterocycles. The highest BCUT2D eigenvalue weighted by Crippen LogP contribution is 2.25. The Balaban J connectivity index is 2.35. The Morgan fingerprint density at radius 3 is 2.86 bits per heavy atom. The summed E-state index contributed by atoms with van der Waals surface area (Å²) in [5.41, 5.74) is 0.805. The van der Waals surface area contributed by atoms with Crippen LogP contribution in [-0.4, -0.2) is 49.6 Å². The Kier molecular flexibility index (Phi) is 5.03. The van der Waals surface area contributed by atoms with Crippen LogP contribution in [0.25, 0.3) is 0 Å². The maximum absolute atomic E-state index is 12.7. The van der Waals surface area contributed by atoms with Gasteiger partial charge in [0, 0.05) is 11.0 Å². The Hall–Kier alpha value is -0.960. The zero-order valence-corrected chi connectivity index (χ0v) is 13.9. The minimum absolute atomic E-state index is 0.0983. The molecule has 0 spiro atoms. The number of rotatable bonds is 4. The van der Waals surface area contributed by atoms with Crippen LogP contribution in [0.4, 0.5) is 0 Å². The van der Waals surface area contributed by atoms with E-state index in [0.717, 1.165) is 10.0 Å². The van der Waals surface area contributed by atoms with Crippen molar-refractivity contribution in [2.45, 2.75) is 24.3 Å². The minimum atomic E-state index is -3.73. The Labute approximate surface area is 131 Å². The first-order chi connectivity index (χ1) is 9.82. The lowest BCUT2D eigenvalue weighted by molar-refractivity contribution is -0.139. The van der Waals surface area contributed by atoms with Gasteiger partial charge in [-0.1, -0.05) is 15.9 Å². The van der Waals surface area contributed by atoms with Crippen LogP contribution in [0.3, 0.4) is 0 Å². The topological polar surface area (TPSA) is 83.9 Å². The second-order valence-corrected chi connectivity index (χ2v) is 7.60. The van der Waals surface area contributed by atoms with Crippen molar-refractivity contribution in [3.8, 4) is 0 Å². The molecule has 0 bridgehead atoms. The highest BCUT2D eigenvalue weighted by molar-refractivity contribution is 9.10. The fourth-order valence-corrected chi connectivity index (χ4v) is 4.16. The van der Waals surface area contributed by atoms with Crippen LogP contribution >= 0.6 is 15.9 Å². The highest BCUT2D eigenvalue weighted by atomic mass is 79.9.